The van der Waals surface area contributed by atoms with Crippen LogP contribution in [-0.2, 0) is 21.3 Å². The highest BCUT2D eigenvalue weighted by Crippen LogP contribution is 2.28. The van der Waals surface area contributed by atoms with Crippen LogP contribution in [0.3, 0.4) is 0 Å². The van der Waals surface area contributed by atoms with Crippen LogP contribution in [0.1, 0.15) is 22.5 Å². The first kappa shape index (κ1) is 20.3. The highest BCUT2D eigenvalue weighted by atomic mass is 32.2. The predicted octanol–water partition coefficient (Wildman–Crippen LogP) is 2.81. The molecule has 2 aromatic carbocycles. The highest BCUT2D eigenvalue weighted by Gasteiger charge is 2.26. The van der Waals surface area contributed by atoms with Crippen LogP contribution < -0.4 is 0 Å². The second-order valence-electron chi connectivity index (χ2n) is 7.15. The lowest BCUT2D eigenvalue weighted by Gasteiger charge is -2.26. The minimum atomic E-state index is -4.01. The number of carbonyl (C=O) groups excluding carboxylic acids is 1. The number of fused-ring (bicyclic) bond motifs is 1. The maximum atomic E-state index is 13.4. The van der Waals surface area contributed by atoms with Crippen molar-refractivity contribution in [3.63, 3.8) is 0 Å². The number of hydrogen-bond donors (Lipinski definition) is 0. The Kier molecular flexibility index (Phi) is 5.68. The number of ether oxygens (including phenoxy) is 1. The number of ketones is 1. The average Bonchev–Trinajstić information content (AvgIpc) is 3.15. The number of nitriles is 1. The van der Waals surface area contributed by atoms with Gasteiger partial charge in [0.2, 0.25) is 0 Å². The van der Waals surface area contributed by atoms with Crippen LogP contribution in [0.4, 0.5) is 0 Å². The van der Waals surface area contributed by atoms with Crippen molar-refractivity contribution >= 4 is 26.7 Å². The zero-order valence-electron chi connectivity index (χ0n) is 16.3. The number of nitrogens with zero attached hydrogens (tertiary/aromatic N) is 3. The monoisotopic (exact) mass is 423 g/mol. The minimum Gasteiger partial charge on any atom is -0.379 e. The summed E-state index contributed by atoms with van der Waals surface area (Å²) in [5.41, 5.74) is 1.39. The first-order chi connectivity index (χ1) is 14.5. The van der Waals surface area contributed by atoms with Gasteiger partial charge in [0, 0.05) is 25.0 Å². The first-order valence-corrected chi connectivity index (χ1v) is 11.1. The largest absolute Gasteiger partial charge is 0.379 e. The normalized spacial score (nSPS) is 15.2. The van der Waals surface area contributed by atoms with E-state index in [0.29, 0.717) is 30.7 Å². The molecule has 0 saturated carbocycles. The van der Waals surface area contributed by atoms with Crippen molar-refractivity contribution in [2.45, 2.75) is 17.9 Å². The molecule has 0 aliphatic carbocycles. The molecular formula is C22H21N3O4S. The molecule has 0 unspecified atom stereocenters. The zero-order chi connectivity index (χ0) is 21.1. The topological polar surface area (TPSA) is 92.4 Å². The number of hydrogen-bond acceptors (Lipinski definition) is 6. The Bertz CT molecular complexity index is 1220. The molecule has 1 aliphatic rings. The second-order valence-corrected chi connectivity index (χ2v) is 8.94. The van der Waals surface area contributed by atoms with E-state index in [-0.39, 0.29) is 17.0 Å². The molecule has 2 heterocycles. The van der Waals surface area contributed by atoms with E-state index in [4.69, 9.17) is 10.00 Å². The van der Waals surface area contributed by atoms with Gasteiger partial charge < -0.3 is 4.74 Å². The molecule has 1 aromatic heterocycles. The second kappa shape index (κ2) is 8.40. The molecule has 7 nitrogen and oxygen atoms in total. The third-order valence-corrected chi connectivity index (χ3v) is 6.88. The van der Waals surface area contributed by atoms with E-state index in [1.165, 1.54) is 12.1 Å². The number of benzene rings is 2. The first-order valence-electron chi connectivity index (χ1n) is 9.66. The van der Waals surface area contributed by atoms with Crippen molar-refractivity contribution in [2.75, 3.05) is 26.3 Å². The lowest BCUT2D eigenvalue weighted by atomic mass is 10.1. The molecule has 30 heavy (non-hydrogen) atoms. The van der Waals surface area contributed by atoms with Gasteiger partial charge in [0.15, 0.2) is 5.78 Å². The van der Waals surface area contributed by atoms with Gasteiger partial charge in [-0.05, 0) is 29.8 Å². The maximum absolute atomic E-state index is 13.4. The van der Waals surface area contributed by atoms with Crippen molar-refractivity contribution in [1.82, 2.24) is 8.87 Å². The van der Waals surface area contributed by atoms with Gasteiger partial charge in [0.05, 0.1) is 29.7 Å². The van der Waals surface area contributed by atoms with Gasteiger partial charge in [-0.2, -0.15) is 5.26 Å². The lowest BCUT2D eigenvalue weighted by molar-refractivity contribution is 0.0342. The smallest absolute Gasteiger partial charge is 0.268 e. The molecule has 1 saturated heterocycles. The Morgan fingerprint density at radius 2 is 1.80 bits per heavy atom. The SMILES string of the molecule is N#CCC(=O)c1cc2ccc(CN3CCOCC3)cc2n1S(=O)(=O)c1ccccc1. The molecule has 0 amide bonds. The average molecular weight is 423 g/mol. The lowest BCUT2D eigenvalue weighted by Crippen LogP contribution is -2.35. The summed E-state index contributed by atoms with van der Waals surface area (Å²) in [7, 11) is -4.01. The molecule has 0 N–H and O–H groups in total. The van der Waals surface area contributed by atoms with Crippen molar-refractivity contribution < 1.29 is 17.9 Å². The van der Waals surface area contributed by atoms with Crippen LogP contribution >= 0.6 is 0 Å². The number of aromatic nitrogens is 1. The van der Waals surface area contributed by atoms with Crippen LogP contribution in [0.2, 0.25) is 0 Å². The van der Waals surface area contributed by atoms with Crippen LogP contribution in [0.5, 0.6) is 0 Å². The summed E-state index contributed by atoms with van der Waals surface area (Å²) in [6.07, 6.45) is -0.388. The number of Topliss-reactive ketones (excluding diaryl/α,β-unsaturated/α-hetero) is 1. The number of morpholine rings is 1. The van der Waals surface area contributed by atoms with Crippen LogP contribution in [-0.4, -0.2) is 49.4 Å². The zero-order valence-corrected chi connectivity index (χ0v) is 17.1. The Labute approximate surface area is 175 Å². The van der Waals surface area contributed by atoms with E-state index in [1.54, 1.807) is 24.3 Å². The summed E-state index contributed by atoms with van der Waals surface area (Å²) in [5.74, 6) is -0.525. The van der Waals surface area contributed by atoms with Crippen LogP contribution in [0.25, 0.3) is 10.9 Å². The number of rotatable bonds is 6. The van der Waals surface area contributed by atoms with Gasteiger partial charge in [-0.3, -0.25) is 9.69 Å². The molecule has 0 spiro atoms. The summed E-state index contributed by atoms with van der Waals surface area (Å²) >= 11 is 0. The fourth-order valence-electron chi connectivity index (χ4n) is 3.65. The van der Waals surface area contributed by atoms with E-state index >= 15 is 0 Å². The van der Waals surface area contributed by atoms with E-state index in [0.717, 1.165) is 22.6 Å². The Hall–Kier alpha value is -2.99. The summed E-state index contributed by atoms with van der Waals surface area (Å²) in [6, 6.07) is 16.9. The summed E-state index contributed by atoms with van der Waals surface area (Å²) in [4.78, 5) is 14.9. The molecule has 0 bridgehead atoms. The third kappa shape index (κ3) is 3.87. The molecule has 4 rings (SSSR count). The molecule has 0 atom stereocenters. The van der Waals surface area contributed by atoms with Gasteiger partial charge >= 0.3 is 0 Å². The van der Waals surface area contributed by atoms with Gasteiger partial charge in [0.1, 0.15) is 12.1 Å². The van der Waals surface area contributed by atoms with Crippen molar-refractivity contribution in [3.05, 3.63) is 65.9 Å². The Balaban J connectivity index is 1.86. The molecular weight excluding hydrogens is 402 g/mol. The summed E-state index contributed by atoms with van der Waals surface area (Å²) < 4.78 is 33.3. The minimum absolute atomic E-state index is 0.000995. The highest BCUT2D eigenvalue weighted by molar-refractivity contribution is 7.90. The summed E-state index contributed by atoms with van der Waals surface area (Å²) in [6.45, 7) is 3.64. The molecule has 8 heteroatoms. The molecule has 154 valence electrons. The Morgan fingerprint density at radius 3 is 2.50 bits per heavy atom. The fourth-order valence-corrected chi connectivity index (χ4v) is 5.19. The molecule has 3 aromatic rings. The third-order valence-electron chi connectivity index (χ3n) is 5.14. The van der Waals surface area contributed by atoms with Gasteiger partial charge in [-0.15, -0.1) is 0 Å². The van der Waals surface area contributed by atoms with Gasteiger partial charge in [0.25, 0.3) is 10.0 Å². The predicted molar refractivity (Wildman–Crippen MR) is 112 cm³/mol. The van der Waals surface area contributed by atoms with E-state index in [1.807, 2.05) is 24.3 Å². The van der Waals surface area contributed by atoms with Crippen LogP contribution in [0.15, 0.2) is 59.5 Å². The fraction of sp³-hybridized carbons (Fsp3) is 0.273. The number of carbonyl (C=O) groups is 1. The maximum Gasteiger partial charge on any atom is 0.268 e. The van der Waals surface area contributed by atoms with Crippen molar-refractivity contribution in [3.8, 4) is 6.07 Å². The Morgan fingerprint density at radius 1 is 1.07 bits per heavy atom. The van der Waals surface area contributed by atoms with E-state index in [9.17, 15) is 13.2 Å². The molecule has 1 fully saturated rings. The summed E-state index contributed by atoms with van der Waals surface area (Å²) in [5, 5.41) is 9.61. The van der Waals surface area contributed by atoms with Crippen molar-refractivity contribution in [2.24, 2.45) is 0 Å². The quantitative estimate of drug-likeness (QED) is 0.566. The molecule has 0 radical (unpaired) electrons. The van der Waals surface area contributed by atoms with E-state index < -0.39 is 15.8 Å². The molecule has 1 aliphatic heterocycles. The van der Waals surface area contributed by atoms with E-state index in [2.05, 4.69) is 4.90 Å². The van der Waals surface area contributed by atoms with Gasteiger partial charge in [-0.1, -0.05) is 30.3 Å². The van der Waals surface area contributed by atoms with Crippen molar-refractivity contribution in [1.29, 1.82) is 5.26 Å². The van der Waals surface area contributed by atoms with Gasteiger partial charge in [-0.25, -0.2) is 12.4 Å². The standard InChI is InChI=1S/C22H21N3O4S/c23-9-8-22(26)21-15-18-7-6-17(16-24-10-12-29-13-11-24)14-20(18)25(21)30(27,28)19-4-2-1-3-5-19/h1-7,14-15H,8,10-13,16H2. The van der Waals surface area contributed by atoms with Crippen LogP contribution in [0, 0.1) is 11.3 Å².